The second-order valence-corrected chi connectivity index (χ2v) is 8.79. The number of carbonyl (C=O) groups excluding carboxylic acids is 5. The summed E-state index contributed by atoms with van der Waals surface area (Å²) in [6, 6.07) is 17.6. The number of benzene rings is 2. The normalized spacial score (nSPS) is 15.4. The van der Waals surface area contributed by atoms with Gasteiger partial charge in [0.05, 0.1) is 24.2 Å². The Morgan fingerprint density at radius 1 is 0.667 bits per heavy atom. The van der Waals surface area contributed by atoms with Gasteiger partial charge in [0.2, 0.25) is 0 Å². The molecule has 3 amide bonds. The maximum atomic E-state index is 13.1. The van der Waals surface area contributed by atoms with E-state index in [4.69, 9.17) is 0 Å². The molecule has 36 heavy (non-hydrogen) atoms. The minimum atomic E-state index is -0.772. The van der Waals surface area contributed by atoms with Crippen LogP contribution in [0, 0.1) is 0 Å². The minimum Gasteiger partial charge on any atom is -0.362 e. The zero-order chi connectivity index (χ0) is 25.2. The first-order chi connectivity index (χ1) is 17.4. The van der Waals surface area contributed by atoms with E-state index >= 15 is 0 Å². The van der Waals surface area contributed by atoms with Gasteiger partial charge in [-0.3, -0.25) is 24.0 Å². The van der Waals surface area contributed by atoms with Gasteiger partial charge in [0.15, 0.2) is 5.78 Å². The quantitative estimate of drug-likeness (QED) is 0.450. The number of hydrogen-bond acceptors (Lipinski definition) is 5. The number of rotatable bonds is 4. The molecule has 1 N–H and O–H groups in total. The van der Waals surface area contributed by atoms with Crippen LogP contribution in [0.15, 0.2) is 66.9 Å². The van der Waals surface area contributed by atoms with Crippen LogP contribution in [0.4, 0.5) is 0 Å². The molecular weight excluding hydrogens is 460 g/mol. The predicted octanol–water partition coefficient (Wildman–Crippen LogP) is 2.02. The van der Waals surface area contributed by atoms with E-state index in [1.807, 2.05) is 6.07 Å². The number of H-pyrrole nitrogens is 1. The summed E-state index contributed by atoms with van der Waals surface area (Å²) in [7, 11) is 0. The number of aromatic amines is 1. The fraction of sp³-hybridized carbons (Fsp3) is 0.222. The second-order valence-electron chi connectivity index (χ2n) is 8.79. The summed E-state index contributed by atoms with van der Waals surface area (Å²) in [4.78, 5) is 71.8. The Morgan fingerprint density at radius 3 is 1.78 bits per heavy atom. The summed E-state index contributed by atoms with van der Waals surface area (Å²) in [6.45, 7) is 1.04. The summed E-state index contributed by atoms with van der Waals surface area (Å²) in [5, 5.41) is 0. The molecule has 5 rings (SSSR count). The van der Waals surface area contributed by atoms with Crippen LogP contribution in [-0.4, -0.2) is 81.7 Å². The third-order valence-electron chi connectivity index (χ3n) is 6.55. The molecule has 0 saturated carbocycles. The number of nitrogens with zero attached hydrogens (tertiary/aromatic N) is 3. The van der Waals surface area contributed by atoms with Crippen molar-refractivity contribution in [3.63, 3.8) is 0 Å². The Balaban J connectivity index is 1.25. The van der Waals surface area contributed by atoms with Crippen molar-refractivity contribution >= 4 is 29.3 Å². The van der Waals surface area contributed by atoms with Gasteiger partial charge in [-0.15, -0.1) is 0 Å². The van der Waals surface area contributed by atoms with Gasteiger partial charge >= 0.3 is 0 Å². The Hall–Kier alpha value is -4.53. The number of amides is 3. The van der Waals surface area contributed by atoms with E-state index in [1.165, 1.54) is 16.0 Å². The lowest BCUT2D eigenvalue weighted by Gasteiger charge is -2.34. The van der Waals surface area contributed by atoms with Crippen LogP contribution in [-0.2, 0) is 11.3 Å². The molecule has 2 aliphatic rings. The number of carbonyl (C=O) groups is 5. The van der Waals surface area contributed by atoms with Crippen molar-refractivity contribution in [2.75, 3.05) is 32.7 Å². The summed E-state index contributed by atoms with van der Waals surface area (Å²) in [5.41, 5.74) is 1.67. The largest absolute Gasteiger partial charge is 0.362 e. The lowest BCUT2D eigenvalue weighted by atomic mass is 9.98. The monoisotopic (exact) mass is 484 g/mol. The van der Waals surface area contributed by atoms with Gasteiger partial charge in [-0.25, -0.2) is 0 Å². The molecule has 2 aliphatic heterocycles. The molecule has 1 saturated heterocycles. The van der Waals surface area contributed by atoms with Gasteiger partial charge in [-0.2, -0.15) is 0 Å². The zero-order valence-electron chi connectivity index (χ0n) is 19.5. The Morgan fingerprint density at radius 2 is 1.19 bits per heavy atom. The molecule has 9 heteroatoms. The first-order valence-corrected chi connectivity index (χ1v) is 11.7. The predicted molar refractivity (Wildman–Crippen MR) is 130 cm³/mol. The molecule has 0 spiro atoms. The van der Waals surface area contributed by atoms with E-state index in [0.29, 0.717) is 29.9 Å². The first-order valence-electron chi connectivity index (χ1n) is 11.7. The average molecular weight is 485 g/mol. The second kappa shape index (κ2) is 9.61. The molecule has 0 radical (unpaired) electrons. The third-order valence-corrected chi connectivity index (χ3v) is 6.55. The summed E-state index contributed by atoms with van der Waals surface area (Å²) < 4.78 is 0. The van der Waals surface area contributed by atoms with Crippen molar-refractivity contribution in [1.29, 1.82) is 0 Å². The molecule has 0 aliphatic carbocycles. The van der Waals surface area contributed by atoms with Crippen molar-refractivity contribution < 1.29 is 24.0 Å². The molecule has 182 valence electrons. The maximum absolute atomic E-state index is 13.1. The first kappa shape index (κ1) is 23.2. The van der Waals surface area contributed by atoms with Crippen LogP contribution in [0.3, 0.4) is 0 Å². The van der Waals surface area contributed by atoms with E-state index in [-0.39, 0.29) is 49.1 Å². The molecule has 0 unspecified atom stereocenters. The highest BCUT2D eigenvalue weighted by atomic mass is 16.2. The summed E-state index contributed by atoms with van der Waals surface area (Å²) in [6.07, 6.45) is 1.37. The average Bonchev–Trinajstić information content (AvgIpc) is 3.37. The van der Waals surface area contributed by atoms with Crippen molar-refractivity contribution in [1.82, 2.24) is 19.7 Å². The van der Waals surface area contributed by atoms with Crippen LogP contribution in [0.1, 0.15) is 47.1 Å². The smallest absolute Gasteiger partial charge is 0.295 e. The van der Waals surface area contributed by atoms with Crippen LogP contribution >= 0.6 is 0 Å². The van der Waals surface area contributed by atoms with Crippen LogP contribution in [0.25, 0.3) is 0 Å². The molecule has 2 aromatic carbocycles. The Labute approximate surface area is 207 Å². The molecule has 3 heterocycles. The molecule has 0 bridgehead atoms. The molecule has 0 atom stereocenters. The number of aromatic nitrogens is 1. The van der Waals surface area contributed by atoms with Gasteiger partial charge in [0, 0.05) is 49.2 Å². The fourth-order valence-electron chi connectivity index (χ4n) is 4.63. The number of hydrogen-bond donors (Lipinski definition) is 1. The molecule has 1 aromatic heterocycles. The maximum Gasteiger partial charge on any atom is 0.295 e. The van der Waals surface area contributed by atoms with E-state index in [0.717, 1.165) is 0 Å². The number of nitrogens with one attached hydrogen (secondary N) is 1. The fourth-order valence-corrected chi connectivity index (χ4v) is 4.63. The van der Waals surface area contributed by atoms with Crippen LogP contribution < -0.4 is 0 Å². The van der Waals surface area contributed by atoms with Crippen molar-refractivity contribution in [3.8, 4) is 0 Å². The topological polar surface area (TPSA) is 111 Å². The van der Waals surface area contributed by atoms with E-state index in [1.54, 1.807) is 59.5 Å². The van der Waals surface area contributed by atoms with Crippen LogP contribution in [0.5, 0.6) is 0 Å². The SMILES string of the molecule is O=C(C(=O)N1CCN(C(=O)c2ccccc2)CC1)c1c[nH]c2c1C(=O)CN(C(=O)c1ccccc1)C2. The van der Waals surface area contributed by atoms with Crippen molar-refractivity contribution in [3.05, 3.63) is 94.8 Å². The van der Waals surface area contributed by atoms with Crippen molar-refractivity contribution in [2.45, 2.75) is 6.54 Å². The molecule has 3 aromatic rings. The lowest BCUT2D eigenvalue weighted by Crippen LogP contribution is -2.52. The van der Waals surface area contributed by atoms with E-state index in [2.05, 4.69) is 4.98 Å². The number of Topliss-reactive ketones (excluding diaryl/α,β-unsaturated/α-hetero) is 2. The Kier molecular flexibility index (Phi) is 6.20. The van der Waals surface area contributed by atoms with E-state index in [9.17, 15) is 24.0 Å². The van der Waals surface area contributed by atoms with Gasteiger partial charge in [0.1, 0.15) is 0 Å². The van der Waals surface area contributed by atoms with Gasteiger partial charge in [-0.05, 0) is 24.3 Å². The molecule has 9 nitrogen and oxygen atoms in total. The standard InChI is InChI=1S/C27H24N4O5/c32-22-17-31(26(35)19-9-5-2-6-10-19)16-21-23(22)20(15-28-21)24(33)27(36)30-13-11-29(12-14-30)25(34)18-7-3-1-4-8-18/h1-10,15,28H,11-14,16-17H2. The minimum absolute atomic E-state index is 0.0228. The highest BCUT2D eigenvalue weighted by molar-refractivity contribution is 6.44. The highest BCUT2D eigenvalue weighted by Gasteiger charge is 2.36. The van der Waals surface area contributed by atoms with Gasteiger partial charge in [-0.1, -0.05) is 36.4 Å². The van der Waals surface area contributed by atoms with Gasteiger partial charge < -0.3 is 19.7 Å². The third kappa shape index (κ3) is 4.31. The number of piperazine rings is 1. The van der Waals surface area contributed by atoms with E-state index < -0.39 is 17.5 Å². The lowest BCUT2D eigenvalue weighted by molar-refractivity contribution is -0.127. The van der Waals surface area contributed by atoms with Crippen LogP contribution in [0.2, 0.25) is 0 Å². The zero-order valence-corrected chi connectivity index (χ0v) is 19.5. The number of fused-ring (bicyclic) bond motifs is 1. The summed E-state index contributed by atoms with van der Waals surface area (Å²) >= 11 is 0. The summed E-state index contributed by atoms with van der Waals surface area (Å²) in [5.74, 6) is -2.27. The Bertz CT molecular complexity index is 1340. The van der Waals surface area contributed by atoms with Gasteiger partial charge in [0.25, 0.3) is 23.5 Å². The molecule has 1 fully saturated rings. The number of ketones is 2. The molecular formula is C27H24N4O5. The highest BCUT2D eigenvalue weighted by Crippen LogP contribution is 2.24. The van der Waals surface area contributed by atoms with Crippen molar-refractivity contribution in [2.24, 2.45) is 0 Å².